The molecule has 5 heteroatoms. The Bertz CT molecular complexity index is 661. The van der Waals surface area contributed by atoms with E-state index in [4.69, 9.17) is 0 Å². The third-order valence-electron chi connectivity index (χ3n) is 8.20. The van der Waals surface area contributed by atoms with Crippen molar-refractivity contribution in [1.82, 2.24) is 10.4 Å². The molecule has 6 bridgehead atoms. The van der Waals surface area contributed by atoms with Gasteiger partial charge >= 0.3 is 0 Å². The molecule has 7 rings (SSSR count). The van der Waals surface area contributed by atoms with Crippen molar-refractivity contribution < 1.29 is 14.4 Å². The standard InChI is InChI=1S/C20H24N2O3/c23-17-15-13-1-2-14(6-13)16(15)18(24)22(17)21-19(25)20-7-10-3-11(8-20)5-12(4-10)9-20/h1-2,10-16H,3-9H2,(H,21,25)/t10?,11?,12?,13-,14-,15+,16+,20?/m0/s1. The van der Waals surface area contributed by atoms with Crippen LogP contribution in [0.1, 0.15) is 44.9 Å². The Morgan fingerprint density at radius 2 is 1.36 bits per heavy atom. The number of hydrogen-bond acceptors (Lipinski definition) is 3. The second kappa shape index (κ2) is 4.54. The highest BCUT2D eigenvalue weighted by Crippen LogP contribution is 2.60. The van der Waals surface area contributed by atoms with E-state index in [0.717, 1.165) is 30.7 Å². The summed E-state index contributed by atoms with van der Waals surface area (Å²) in [5, 5.41) is 1.10. The average Bonchev–Trinajstić information content (AvgIpc) is 3.23. The highest BCUT2D eigenvalue weighted by atomic mass is 16.2. The van der Waals surface area contributed by atoms with Crippen LogP contribution >= 0.6 is 0 Å². The molecule has 3 amide bonds. The van der Waals surface area contributed by atoms with E-state index in [9.17, 15) is 14.4 Å². The van der Waals surface area contributed by atoms with Crippen LogP contribution in [0.3, 0.4) is 0 Å². The van der Waals surface area contributed by atoms with Gasteiger partial charge < -0.3 is 0 Å². The molecule has 5 nitrogen and oxygen atoms in total. The maximum absolute atomic E-state index is 13.2. The number of nitrogens with one attached hydrogen (secondary N) is 1. The largest absolute Gasteiger partial charge is 0.273 e. The molecule has 1 saturated heterocycles. The number of hydrogen-bond donors (Lipinski definition) is 1. The summed E-state index contributed by atoms with van der Waals surface area (Å²) in [6.45, 7) is 0. The van der Waals surface area contributed by atoms with Gasteiger partial charge in [-0.2, -0.15) is 5.01 Å². The molecule has 0 aromatic rings. The summed E-state index contributed by atoms with van der Waals surface area (Å²) in [4.78, 5) is 38.8. The molecule has 1 heterocycles. The van der Waals surface area contributed by atoms with Crippen LogP contribution < -0.4 is 5.43 Å². The van der Waals surface area contributed by atoms with Crippen molar-refractivity contribution in [1.29, 1.82) is 0 Å². The van der Waals surface area contributed by atoms with Gasteiger partial charge in [-0.05, 0) is 74.5 Å². The van der Waals surface area contributed by atoms with Gasteiger partial charge in [0.05, 0.1) is 17.3 Å². The molecule has 25 heavy (non-hydrogen) atoms. The van der Waals surface area contributed by atoms with Crippen LogP contribution in [0.5, 0.6) is 0 Å². The monoisotopic (exact) mass is 340 g/mol. The average molecular weight is 340 g/mol. The number of hydrazine groups is 1. The van der Waals surface area contributed by atoms with Gasteiger partial charge in [0.25, 0.3) is 11.8 Å². The summed E-state index contributed by atoms with van der Waals surface area (Å²) in [5.41, 5.74) is 2.47. The minimum Gasteiger partial charge on any atom is -0.273 e. The third-order valence-corrected chi connectivity index (χ3v) is 8.20. The van der Waals surface area contributed by atoms with Crippen LogP contribution in [0.2, 0.25) is 0 Å². The first kappa shape index (κ1) is 14.5. The summed E-state index contributed by atoms with van der Waals surface area (Å²) < 4.78 is 0. The maximum Gasteiger partial charge on any atom is 0.252 e. The molecule has 1 N–H and O–H groups in total. The Morgan fingerprint density at radius 1 is 0.880 bits per heavy atom. The molecular weight excluding hydrogens is 316 g/mol. The summed E-state index contributed by atoms with van der Waals surface area (Å²) in [6, 6.07) is 0. The zero-order valence-corrected chi connectivity index (χ0v) is 14.3. The molecule has 0 aromatic carbocycles. The van der Waals surface area contributed by atoms with Gasteiger partial charge in [0.1, 0.15) is 0 Å². The van der Waals surface area contributed by atoms with Gasteiger partial charge in [-0.25, -0.2) is 0 Å². The number of carbonyl (C=O) groups excluding carboxylic acids is 3. The van der Waals surface area contributed by atoms with E-state index >= 15 is 0 Å². The lowest BCUT2D eigenvalue weighted by atomic mass is 9.49. The van der Waals surface area contributed by atoms with Crippen molar-refractivity contribution >= 4 is 17.7 Å². The van der Waals surface area contributed by atoms with Gasteiger partial charge in [-0.3, -0.25) is 19.8 Å². The number of carbonyl (C=O) groups is 3. The van der Waals surface area contributed by atoms with Gasteiger partial charge in [0.2, 0.25) is 5.91 Å². The van der Waals surface area contributed by atoms with Crippen molar-refractivity contribution in [2.24, 2.45) is 46.8 Å². The molecule has 0 aromatic heterocycles. The fourth-order valence-corrected chi connectivity index (χ4v) is 7.62. The Morgan fingerprint density at radius 3 is 1.84 bits per heavy atom. The molecule has 5 saturated carbocycles. The molecule has 4 atom stereocenters. The predicted molar refractivity (Wildman–Crippen MR) is 88.3 cm³/mol. The van der Waals surface area contributed by atoms with Crippen LogP contribution in [-0.4, -0.2) is 22.7 Å². The molecule has 0 unspecified atom stereocenters. The third kappa shape index (κ3) is 1.77. The molecule has 6 fully saturated rings. The molecule has 6 aliphatic carbocycles. The summed E-state index contributed by atoms with van der Waals surface area (Å²) in [5.74, 6) is 1.49. The quantitative estimate of drug-likeness (QED) is 0.618. The van der Waals surface area contributed by atoms with Crippen LogP contribution in [0.15, 0.2) is 12.2 Å². The predicted octanol–water partition coefficient (Wildman–Crippen LogP) is 2.04. The van der Waals surface area contributed by atoms with Gasteiger partial charge in [0.15, 0.2) is 0 Å². The van der Waals surface area contributed by atoms with E-state index in [1.165, 1.54) is 19.3 Å². The number of fused-ring (bicyclic) bond motifs is 5. The molecule has 7 aliphatic rings. The number of allylic oxidation sites excluding steroid dienone is 2. The maximum atomic E-state index is 13.2. The fourth-order valence-electron chi connectivity index (χ4n) is 7.62. The minimum atomic E-state index is -0.329. The summed E-state index contributed by atoms with van der Waals surface area (Å²) >= 11 is 0. The van der Waals surface area contributed by atoms with Crippen LogP contribution in [0, 0.1) is 46.8 Å². The highest BCUT2D eigenvalue weighted by molar-refractivity contribution is 6.07. The number of rotatable bonds is 2. The molecule has 0 radical (unpaired) electrons. The van der Waals surface area contributed by atoms with Crippen molar-refractivity contribution in [3.05, 3.63) is 12.2 Å². The Labute approximate surface area is 147 Å². The number of amides is 3. The van der Waals surface area contributed by atoms with Gasteiger partial charge in [-0.1, -0.05) is 12.2 Å². The first-order chi connectivity index (χ1) is 12.0. The van der Waals surface area contributed by atoms with Crippen molar-refractivity contribution in [3.8, 4) is 0 Å². The van der Waals surface area contributed by atoms with Crippen LogP contribution in [-0.2, 0) is 14.4 Å². The van der Waals surface area contributed by atoms with E-state index in [-0.39, 0.29) is 46.8 Å². The Balaban J connectivity index is 1.25. The van der Waals surface area contributed by atoms with E-state index in [1.807, 2.05) is 0 Å². The zero-order valence-electron chi connectivity index (χ0n) is 14.3. The van der Waals surface area contributed by atoms with Crippen molar-refractivity contribution in [2.45, 2.75) is 44.9 Å². The lowest BCUT2D eigenvalue weighted by Crippen LogP contribution is -2.58. The van der Waals surface area contributed by atoms with E-state index < -0.39 is 0 Å². The Kier molecular flexibility index (Phi) is 2.64. The SMILES string of the molecule is O=C1[C@H]2[C@H](C(=O)N1NC(=O)C13CC4CC(CC(C4)C1)C3)[C@H]1C=C[C@H]2C1. The molecule has 0 spiro atoms. The second-order valence-electron chi connectivity index (χ2n) is 9.65. The van der Waals surface area contributed by atoms with Crippen molar-refractivity contribution in [3.63, 3.8) is 0 Å². The second-order valence-corrected chi connectivity index (χ2v) is 9.65. The van der Waals surface area contributed by atoms with Gasteiger partial charge in [0, 0.05) is 0 Å². The van der Waals surface area contributed by atoms with Crippen LogP contribution in [0.4, 0.5) is 0 Å². The fraction of sp³-hybridized carbons (Fsp3) is 0.750. The van der Waals surface area contributed by atoms with E-state index in [0.29, 0.717) is 17.8 Å². The molecule has 1 aliphatic heterocycles. The molecular formula is C20H24N2O3. The first-order valence-electron chi connectivity index (χ1n) is 9.91. The van der Waals surface area contributed by atoms with E-state index in [2.05, 4.69) is 17.6 Å². The Hall–Kier alpha value is -1.65. The first-order valence-corrected chi connectivity index (χ1v) is 9.91. The number of imide groups is 1. The topological polar surface area (TPSA) is 66.5 Å². The zero-order chi connectivity index (χ0) is 16.9. The van der Waals surface area contributed by atoms with Gasteiger partial charge in [-0.15, -0.1) is 0 Å². The number of nitrogens with zero attached hydrogens (tertiary/aromatic N) is 1. The minimum absolute atomic E-state index is 0.0615. The normalized spacial score (nSPS) is 51.5. The lowest BCUT2D eigenvalue weighted by Gasteiger charge is -2.55. The summed E-state index contributed by atoms with van der Waals surface area (Å²) in [7, 11) is 0. The molecule has 132 valence electrons. The smallest absolute Gasteiger partial charge is 0.252 e. The summed E-state index contributed by atoms with van der Waals surface area (Å²) in [6.07, 6.45) is 11.7. The van der Waals surface area contributed by atoms with Crippen LogP contribution in [0.25, 0.3) is 0 Å². The van der Waals surface area contributed by atoms with E-state index in [1.54, 1.807) is 0 Å². The lowest BCUT2D eigenvalue weighted by molar-refractivity contribution is -0.160. The van der Waals surface area contributed by atoms with Crippen molar-refractivity contribution in [2.75, 3.05) is 0 Å². The highest BCUT2D eigenvalue weighted by Gasteiger charge is 2.61.